The van der Waals surface area contributed by atoms with Gasteiger partial charge >= 0.3 is 6.09 Å². The fourth-order valence-corrected chi connectivity index (χ4v) is 4.04. The van der Waals surface area contributed by atoms with E-state index in [1.165, 1.54) is 10.5 Å². The number of hydrogen-bond donors (Lipinski definition) is 0. The van der Waals surface area contributed by atoms with Gasteiger partial charge in [-0.05, 0) is 37.5 Å². The molecular formula is C15H14BrNO3. The second-order valence-corrected chi connectivity index (χ2v) is 6.81. The molecule has 4 rings (SSSR count). The summed E-state index contributed by atoms with van der Waals surface area (Å²) in [6.07, 6.45) is 2.22. The lowest BCUT2D eigenvalue weighted by molar-refractivity contribution is -0.137. The van der Waals surface area contributed by atoms with Crippen LogP contribution in [0.3, 0.4) is 0 Å². The van der Waals surface area contributed by atoms with Crippen molar-refractivity contribution in [1.82, 2.24) is 4.90 Å². The van der Waals surface area contributed by atoms with E-state index < -0.39 is 11.7 Å². The first-order valence-electron chi connectivity index (χ1n) is 6.88. The van der Waals surface area contributed by atoms with Crippen molar-refractivity contribution in [3.63, 3.8) is 0 Å². The molecule has 1 aliphatic heterocycles. The predicted molar refractivity (Wildman–Crippen MR) is 75.2 cm³/mol. The minimum Gasteiger partial charge on any atom is -0.427 e. The summed E-state index contributed by atoms with van der Waals surface area (Å²) in [7, 11) is 0. The highest BCUT2D eigenvalue weighted by molar-refractivity contribution is 9.10. The largest absolute Gasteiger partial charge is 0.427 e. The van der Waals surface area contributed by atoms with E-state index >= 15 is 0 Å². The lowest BCUT2D eigenvalue weighted by Crippen LogP contribution is -2.37. The van der Waals surface area contributed by atoms with Crippen LogP contribution in [0, 0.1) is 0 Å². The van der Waals surface area contributed by atoms with E-state index in [9.17, 15) is 9.59 Å². The normalized spacial score (nSPS) is 29.2. The molecule has 20 heavy (non-hydrogen) atoms. The summed E-state index contributed by atoms with van der Waals surface area (Å²) in [5.41, 5.74) is 1.02. The third-order valence-electron chi connectivity index (χ3n) is 4.82. The number of likely N-dealkylation sites (N-methyl/N-ethyl adjacent to an activating group) is 1. The molecule has 2 aliphatic carbocycles. The van der Waals surface area contributed by atoms with Gasteiger partial charge in [-0.2, -0.15) is 0 Å². The zero-order valence-corrected chi connectivity index (χ0v) is 12.7. The standard InChI is InChI=1S/C15H14BrNO3/c1-2-17-12(18)15(20-13(17)19)8-14(5-6-14)11-7-9(16)3-4-10(11)15/h3-4,7H,2,5-6,8H2,1H3. The Bertz CT molecular complexity index is 653. The van der Waals surface area contributed by atoms with Crippen LogP contribution in [-0.4, -0.2) is 23.4 Å². The Labute approximate surface area is 125 Å². The van der Waals surface area contributed by atoms with Gasteiger partial charge in [-0.25, -0.2) is 9.69 Å². The van der Waals surface area contributed by atoms with Crippen molar-refractivity contribution in [2.45, 2.75) is 37.2 Å². The lowest BCUT2D eigenvalue weighted by Gasteiger charge is -2.20. The second-order valence-electron chi connectivity index (χ2n) is 5.89. The van der Waals surface area contributed by atoms with Crippen molar-refractivity contribution in [2.24, 2.45) is 0 Å². The van der Waals surface area contributed by atoms with E-state index in [1.54, 1.807) is 6.92 Å². The topological polar surface area (TPSA) is 46.6 Å². The van der Waals surface area contributed by atoms with Gasteiger partial charge in [0.05, 0.1) is 0 Å². The number of fused-ring (bicyclic) bond motifs is 3. The zero-order valence-electron chi connectivity index (χ0n) is 11.1. The molecule has 0 N–H and O–H groups in total. The highest BCUT2D eigenvalue weighted by Crippen LogP contribution is 2.64. The van der Waals surface area contributed by atoms with E-state index in [4.69, 9.17) is 4.74 Å². The number of amides is 2. The number of hydrogen-bond acceptors (Lipinski definition) is 3. The molecule has 5 heteroatoms. The van der Waals surface area contributed by atoms with E-state index in [1.807, 2.05) is 12.1 Å². The van der Waals surface area contributed by atoms with Gasteiger partial charge in [-0.1, -0.05) is 22.0 Å². The first-order valence-corrected chi connectivity index (χ1v) is 7.67. The molecule has 0 radical (unpaired) electrons. The highest BCUT2D eigenvalue weighted by Gasteiger charge is 2.67. The zero-order chi connectivity index (χ0) is 14.1. The Morgan fingerprint density at radius 2 is 2.05 bits per heavy atom. The van der Waals surface area contributed by atoms with Gasteiger partial charge < -0.3 is 4.74 Å². The molecule has 1 unspecified atom stereocenters. The Morgan fingerprint density at radius 1 is 1.30 bits per heavy atom. The SMILES string of the molecule is CCN1C(=O)OC2(CC3(CC3)c3cc(Br)ccc32)C1=O. The molecule has 2 spiro atoms. The first kappa shape index (κ1) is 12.4. The Balaban J connectivity index is 1.91. The van der Waals surface area contributed by atoms with Gasteiger partial charge in [0.2, 0.25) is 5.60 Å². The number of nitrogens with zero attached hydrogens (tertiary/aromatic N) is 1. The number of ether oxygens (including phenoxy) is 1. The predicted octanol–water partition coefficient (Wildman–Crippen LogP) is 3.08. The van der Waals surface area contributed by atoms with E-state index in [2.05, 4.69) is 22.0 Å². The maximum absolute atomic E-state index is 12.7. The summed E-state index contributed by atoms with van der Waals surface area (Å²) < 4.78 is 6.59. The molecule has 1 saturated heterocycles. The van der Waals surface area contributed by atoms with E-state index in [-0.39, 0.29) is 11.3 Å². The molecule has 1 saturated carbocycles. The minimum absolute atomic E-state index is 0.0405. The number of rotatable bonds is 1. The van der Waals surface area contributed by atoms with Crippen molar-refractivity contribution in [3.05, 3.63) is 33.8 Å². The average Bonchev–Trinajstić information content (AvgIpc) is 3.07. The molecular weight excluding hydrogens is 322 g/mol. The molecule has 0 bridgehead atoms. The Kier molecular flexibility index (Phi) is 2.25. The minimum atomic E-state index is -1.07. The van der Waals surface area contributed by atoms with Crippen LogP contribution in [0.1, 0.15) is 37.3 Å². The van der Waals surface area contributed by atoms with Crippen LogP contribution in [0.25, 0.3) is 0 Å². The van der Waals surface area contributed by atoms with Crippen molar-refractivity contribution in [2.75, 3.05) is 6.54 Å². The third kappa shape index (κ3) is 1.31. The molecule has 1 aromatic carbocycles. The average molecular weight is 336 g/mol. The number of halogens is 1. The fourth-order valence-electron chi connectivity index (χ4n) is 3.67. The Morgan fingerprint density at radius 3 is 2.65 bits per heavy atom. The third-order valence-corrected chi connectivity index (χ3v) is 5.31. The van der Waals surface area contributed by atoms with Crippen molar-refractivity contribution >= 4 is 27.9 Å². The maximum Gasteiger partial charge on any atom is 0.418 e. The van der Waals surface area contributed by atoms with Crippen LogP contribution in [0.15, 0.2) is 22.7 Å². The molecule has 104 valence electrons. The van der Waals surface area contributed by atoms with Crippen LogP contribution in [-0.2, 0) is 20.5 Å². The number of carbonyl (C=O) groups excluding carboxylic acids is 2. The highest BCUT2D eigenvalue weighted by atomic mass is 79.9. The van der Waals surface area contributed by atoms with Crippen LogP contribution in [0.2, 0.25) is 0 Å². The summed E-state index contributed by atoms with van der Waals surface area (Å²) in [4.78, 5) is 25.9. The summed E-state index contributed by atoms with van der Waals surface area (Å²) in [5, 5.41) is 0. The Hall–Kier alpha value is -1.36. The number of benzene rings is 1. The number of imide groups is 1. The smallest absolute Gasteiger partial charge is 0.418 e. The fraction of sp³-hybridized carbons (Fsp3) is 0.467. The quantitative estimate of drug-likeness (QED) is 0.792. The monoisotopic (exact) mass is 335 g/mol. The van der Waals surface area contributed by atoms with Gasteiger partial charge in [0.1, 0.15) is 0 Å². The molecule has 3 aliphatic rings. The van der Waals surface area contributed by atoms with Gasteiger partial charge in [0, 0.05) is 28.4 Å². The van der Waals surface area contributed by atoms with Crippen LogP contribution >= 0.6 is 15.9 Å². The van der Waals surface area contributed by atoms with Crippen molar-refractivity contribution in [1.29, 1.82) is 0 Å². The molecule has 2 amide bonds. The summed E-state index contributed by atoms with van der Waals surface area (Å²) in [5.74, 6) is -0.197. The number of carbonyl (C=O) groups is 2. The van der Waals surface area contributed by atoms with Gasteiger partial charge in [-0.15, -0.1) is 0 Å². The van der Waals surface area contributed by atoms with Gasteiger partial charge in [0.15, 0.2) is 0 Å². The maximum atomic E-state index is 12.7. The van der Waals surface area contributed by atoms with Gasteiger partial charge in [0.25, 0.3) is 5.91 Å². The molecule has 4 nitrogen and oxygen atoms in total. The summed E-state index contributed by atoms with van der Waals surface area (Å²) >= 11 is 3.49. The first-order chi connectivity index (χ1) is 9.52. The van der Waals surface area contributed by atoms with Crippen molar-refractivity contribution < 1.29 is 14.3 Å². The van der Waals surface area contributed by atoms with Crippen LogP contribution in [0.5, 0.6) is 0 Å². The molecule has 1 aromatic rings. The molecule has 1 atom stereocenters. The van der Waals surface area contributed by atoms with Crippen molar-refractivity contribution in [3.8, 4) is 0 Å². The molecule has 2 fully saturated rings. The molecule has 1 heterocycles. The van der Waals surface area contributed by atoms with Crippen LogP contribution < -0.4 is 0 Å². The summed E-state index contributed by atoms with van der Waals surface area (Å²) in [6.45, 7) is 2.15. The summed E-state index contributed by atoms with van der Waals surface area (Å²) in [6, 6.07) is 5.92. The second kappa shape index (κ2) is 3.64. The van der Waals surface area contributed by atoms with Gasteiger partial charge in [-0.3, -0.25) is 4.79 Å². The van der Waals surface area contributed by atoms with Crippen LogP contribution in [0.4, 0.5) is 4.79 Å². The van der Waals surface area contributed by atoms with E-state index in [0.29, 0.717) is 13.0 Å². The lowest BCUT2D eigenvalue weighted by atomic mass is 9.94. The molecule has 0 aromatic heterocycles. The van der Waals surface area contributed by atoms with E-state index in [0.717, 1.165) is 22.9 Å².